The average Bonchev–Trinajstić information content (AvgIpc) is 1.93. The van der Waals surface area contributed by atoms with Gasteiger partial charge in [-0.25, -0.2) is 0 Å². The molecule has 0 aromatic rings. The van der Waals surface area contributed by atoms with E-state index < -0.39 is 0 Å². The zero-order chi connectivity index (χ0) is 8.57. The highest BCUT2D eigenvalue weighted by Gasteiger charge is 1.85. The van der Waals surface area contributed by atoms with E-state index in [0.29, 0.717) is 5.71 Å². The van der Waals surface area contributed by atoms with Gasteiger partial charge in [-0.05, 0) is 19.4 Å². The molecule has 0 aromatic heterocycles. The molecule has 0 heterocycles. The van der Waals surface area contributed by atoms with Crippen molar-refractivity contribution in [3.8, 4) is 0 Å². The number of allylic oxidation sites excluding steroid dienone is 3. The van der Waals surface area contributed by atoms with Gasteiger partial charge in [0, 0.05) is 5.71 Å². The standard InChI is InChI=1S/C7H11N.C2H6/c1-4-5-6(2)7(3)8;1-2/h4-5,8H,2H2,1,3H3;1-2H3/b5-4-,8-7?;. The van der Waals surface area contributed by atoms with Gasteiger partial charge in [0.15, 0.2) is 0 Å². The topological polar surface area (TPSA) is 23.9 Å². The van der Waals surface area contributed by atoms with Crippen LogP contribution in [0.25, 0.3) is 0 Å². The van der Waals surface area contributed by atoms with Gasteiger partial charge in [-0.2, -0.15) is 0 Å². The molecule has 1 N–H and O–H groups in total. The summed E-state index contributed by atoms with van der Waals surface area (Å²) in [7, 11) is 0. The first-order chi connectivity index (χ1) is 4.68. The van der Waals surface area contributed by atoms with E-state index in [0.717, 1.165) is 5.57 Å². The molecular formula is C9H17N. The Morgan fingerprint density at radius 2 is 1.80 bits per heavy atom. The summed E-state index contributed by atoms with van der Waals surface area (Å²) < 4.78 is 0. The van der Waals surface area contributed by atoms with Crippen LogP contribution in [0.3, 0.4) is 0 Å². The van der Waals surface area contributed by atoms with Crippen LogP contribution in [-0.4, -0.2) is 5.71 Å². The van der Waals surface area contributed by atoms with Crippen LogP contribution in [0.1, 0.15) is 27.7 Å². The van der Waals surface area contributed by atoms with E-state index in [1.807, 2.05) is 32.9 Å². The van der Waals surface area contributed by atoms with Crippen LogP contribution in [0.15, 0.2) is 24.3 Å². The van der Waals surface area contributed by atoms with Gasteiger partial charge in [0.2, 0.25) is 0 Å². The minimum Gasteiger partial charge on any atom is -0.305 e. The third-order valence-electron chi connectivity index (χ3n) is 0.850. The molecule has 0 radical (unpaired) electrons. The van der Waals surface area contributed by atoms with Crippen LogP contribution in [0.4, 0.5) is 0 Å². The number of nitrogens with one attached hydrogen (secondary N) is 1. The smallest absolute Gasteiger partial charge is 0.0349 e. The van der Waals surface area contributed by atoms with Crippen LogP contribution < -0.4 is 0 Å². The van der Waals surface area contributed by atoms with Crippen molar-refractivity contribution in [2.75, 3.05) is 0 Å². The first-order valence-electron chi connectivity index (χ1n) is 3.55. The van der Waals surface area contributed by atoms with Crippen LogP contribution in [0.2, 0.25) is 0 Å². The summed E-state index contributed by atoms with van der Waals surface area (Å²) in [5, 5.41) is 7.05. The van der Waals surface area contributed by atoms with E-state index in [-0.39, 0.29) is 0 Å². The zero-order valence-corrected chi connectivity index (χ0v) is 7.36. The summed E-state index contributed by atoms with van der Waals surface area (Å²) in [6.45, 7) is 11.3. The fraction of sp³-hybridized carbons (Fsp3) is 0.444. The molecule has 58 valence electrons. The fourth-order valence-corrected chi connectivity index (χ4v) is 0.326. The fourth-order valence-electron chi connectivity index (χ4n) is 0.326. The molecule has 0 amide bonds. The first kappa shape index (κ1) is 11.9. The average molecular weight is 139 g/mol. The van der Waals surface area contributed by atoms with Crippen molar-refractivity contribution in [1.29, 1.82) is 5.41 Å². The highest BCUT2D eigenvalue weighted by Crippen LogP contribution is 1.92. The second-order valence-electron chi connectivity index (χ2n) is 1.65. The molecule has 0 unspecified atom stereocenters. The molecule has 10 heavy (non-hydrogen) atoms. The summed E-state index contributed by atoms with van der Waals surface area (Å²) in [4.78, 5) is 0. The van der Waals surface area contributed by atoms with Crippen LogP contribution in [0.5, 0.6) is 0 Å². The Hall–Kier alpha value is -0.850. The Kier molecular flexibility index (Phi) is 9.69. The molecule has 0 fully saturated rings. The maximum absolute atomic E-state index is 7.05. The molecule has 0 bridgehead atoms. The molecule has 0 saturated heterocycles. The van der Waals surface area contributed by atoms with Crippen molar-refractivity contribution in [2.24, 2.45) is 0 Å². The molecule has 0 aliphatic rings. The number of hydrogen-bond donors (Lipinski definition) is 1. The maximum atomic E-state index is 7.05. The third-order valence-corrected chi connectivity index (χ3v) is 0.850. The summed E-state index contributed by atoms with van der Waals surface area (Å²) in [6.07, 6.45) is 3.70. The first-order valence-corrected chi connectivity index (χ1v) is 3.55. The van der Waals surface area contributed by atoms with Gasteiger partial charge in [0.05, 0.1) is 0 Å². The maximum Gasteiger partial charge on any atom is 0.0349 e. The minimum atomic E-state index is 0.531. The van der Waals surface area contributed by atoms with Crippen molar-refractivity contribution in [3.63, 3.8) is 0 Å². The van der Waals surface area contributed by atoms with E-state index in [1.165, 1.54) is 0 Å². The van der Waals surface area contributed by atoms with Gasteiger partial charge in [-0.15, -0.1) is 0 Å². The lowest BCUT2D eigenvalue weighted by atomic mass is 10.2. The molecule has 0 spiro atoms. The molecule has 0 aliphatic heterocycles. The van der Waals surface area contributed by atoms with Gasteiger partial charge < -0.3 is 5.41 Å². The SMILES string of the molecule is C=C(/C=C\C)C(C)=N.CC. The minimum absolute atomic E-state index is 0.531. The molecular weight excluding hydrogens is 122 g/mol. The van der Waals surface area contributed by atoms with Crippen LogP contribution in [0, 0.1) is 5.41 Å². The van der Waals surface area contributed by atoms with E-state index in [1.54, 1.807) is 6.92 Å². The van der Waals surface area contributed by atoms with E-state index in [2.05, 4.69) is 6.58 Å². The Labute approximate surface area is 64.0 Å². The van der Waals surface area contributed by atoms with Crippen molar-refractivity contribution >= 4 is 5.71 Å². The summed E-state index contributed by atoms with van der Waals surface area (Å²) in [6, 6.07) is 0. The lowest BCUT2D eigenvalue weighted by molar-refractivity contribution is 1.47. The predicted octanol–water partition coefficient (Wildman–Crippen LogP) is 3.18. The zero-order valence-electron chi connectivity index (χ0n) is 7.36. The normalized spacial score (nSPS) is 8.40. The summed E-state index contributed by atoms with van der Waals surface area (Å²) in [5.41, 5.74) is 1.32. The molecule has 1 nitrogen and oxygen atoms in total. The Morgan fingerprint density at radius 1 is 1.40 bits per heavy atom. The predicted molar refractivity (Wildman–Crippen MR) is 48.7 cm³/mol. The number of hydrogen-bond acceptors (Lipinski definition) is 1. The Bertz CT molecular complexity index is 132. The van der Waals surface area contributed by atoms with Crippen LogP contribution in [-0.2, 0) is 0 Å². The van der Waals surface area contributed by atoms with E-state index in [9.17, 15) is 0 Å². The van der Waals surface area contributed by atoms with Crippen LogP contribution >= 0.6 is 0 Å². The van der Waals surface area contributed by atoms with Gasteiger partial charge in [-0.1, -0.05) is 32.6 Å². The van der Waals surface area contributed by atoms with Gasteiger partial charge in [0.25, 0.3) is 0 Å². The third kappa shape index (κ3) is 7.15. The highest BCUT2D eigenvalue weighted by molar-refractivity contribution is 5.97. The van der Waals surface area contributed by atoms with Crippen molar-refractivity contribution in [2.45, 2.75) is 27.7 Å². The lowest BCUT2D eigenvalue weighted by Crippen LogP contribution is -1.87. The largest absolute Gasteiger partial charge is 0.305 e. The van der Waals surface area contributed by atoms with E-state index in [4.69, 9.17) is 5.41 Å². The Balaban J connectivity index is 0. The molecule has 0 atom stereocenters. The molecule has 0 saturated carbocycles. The van der Waals surface area contributed by atoms with Gasteiger partial charge in [-0.3, -0.25) is 0 Å². The van der Waals surface area contributed by atoms with Gasteiger partial charge >= 0.3 is 0 Å². The molecule has 1 heteroatoms. The van der Waals surface area contributed by atoms with Crippen molar-refractivity contribution in [1.82, 2.24) is 0 Å². The second-order valence-corrected chi connectivity index (χ2v) is 1.65. The summed E-state index contributed by atoms with van der Waals surface area (Å²) in [5.74, 6) is 0. The highest BCUT2D eigenvalue weighted by atomic mass is 14.4. The molecule has 0 aromatic carbocycles. The molecule has 0 aliphatic carbocycles. The quantitative estimate of drug-likeness (QED) is 0.449. The van der Waals surface area contributed by atoms with Crippen molar-refractivity contribution < 1.29 is 0 Å². The van der Waals surface area contributed by atoms with Crippen molar-refractivity contribution in [3.05, 3.63) is 24.3 Å². The molecule has 0 rings (SSSR count). The summed E-state index contributed by atoms with van der Waals surface area (Å²) >= 11 is 0. The Morgan fingerprint density at radius 3 is 1.90 bits per heavy atom. The second kappa shape index (κ2) is 8.15. The van der Waals surface area contributed by atoms with E-state index >= 15 is 0 Å². The lowest BCUT2D eigenvalue weighted by Gasteiger charge is -1.90. The number of rotatable bonds is 2. The van der Waals surface area contributed by atoms with Gasteiger partial charge in [0.1, 0.15) is 0 Å². The monoisotopic (exact) mass is 139 g/mol.